The number of carbonyl (C=O) groups excluding carboxylic acids is 5. The summed E-state index contributed by atoms with van der Waals surface area (Å²) < 4.78 is 0. The number of nitrogens with one attached hydrogen (secondary N) is 7. The molecule has 13 heteroatoms. The van der Waals surface area contributed by atoms with Gasteiger partial charge in [-0.15, -0.1) is 0 Å². The average molecular weight is 573 g/mol. The van der Waals surface area contributed by atoms with E-state index in [-0.39, 0.29) is 44.1 Å². The second kappa shape index (κ2) is 15.6. The van der Waals surface area contributed by atoms with Gasteiger partial charge in [0.1, 0.15) is 23.7 Å². The third-order valence-corrected chi connectivity index (χ3v) is 6.91. The van der Waals surface area contributed by atoms with Crippen molar-refractivity contribution in [2.75, 3.05) is 13.1 Å². The third kappa shape index (κ3) is 10.4. The van der Waals surface area contributed by atoms with Crippen molar-refractivity contribution < 1.29 is 24.0 Å². The van der Waals surface area contributed by atoms with Crippen LogP contribution in [0, 0.1) is 11.3 Å². The molecule has 5 amide bonds. The molecule has 0 aromatic heterocycles. The second-order valence-electron chi connectivity index (χ2n) is 10.7. The molecule has 9 N–H and O–H groups in total. The van der Waals surface area contributed by atoms with Gasteiger partial charge in [0.25, 0.3) is 0 Å². The maximum absolute atomic E-state index is 13.6. The van der Waals surface area contributed by atoms with Crippen molar-refractivity contribution in [3.05, 3.63) is 35.9 Å². The summed E-state index contributed by atoms with van der Waals surface area (Å²) in [5, 5.41) is 23.8. The Balaban J connectivity index is 2.40. The minimum Gasteiger partial charge on any atom is -0.370 e. The molecule has 1 aromatic carbocycles. The highest BCUT2D eigenvalue weighted by Crippen LogP contribution is 2.14. The van der Waals surface area contributed by atoms with E-state index in [1.165, 1.54) is 0 Å². The highest BCUT2D eigenvalue weighted by atomic mass is 16.2. The minimum atomic E-state index is -1.45. The van der Waals surface area contributed by atoms with Gasteiger partial charge in [0.15, 0.2) is 5.96 Å². The predicted octanol–water partition coefficient (Wildman–Crippen LogP) is -0.592. The normalized spacial score (nSPS) is 24.3. The molecule has 1 fully saturated rings. The summed E-state index contributed by atoms with van der Waals surface area (Å²) in [6, 6.07) is 6.28. The van der Waals surface area contributed by atoms with Crippen molar-refractivity contribution in [2.45, 2.75) is 83.5 Å². The number of carbonyl (C=O) groups is 5. The Morgan fingerprint density at radius 3 is 2.27 bits per heavy atom. The standard InChI is InChI=1S/C28H44N8O5/c1-5-19-24(39)34-21(16-18-10-7-6-8-11-18)23(38)31-15-13-28(4,36-22(37)17(2)3)26(41)35-20(25(40)33-19)12-9-14-32-27(29)30/h6-8,10-11,17,19-21H,5,9,12-16H2,1-4H3,(H,31,38)(H,33,40)(H,34,39)(H,35,41)(H,36,37)(H4,29,30,32)/t19-,20-,21+,28+/m0/s1. The summed E-state index contributed by atoms with van der Waals surface area (Å²) >= 11 is 0. The van der Waals surface area contributed by atoms with Crippen LogP contribution in [0.1, 0.15) is 58.9 Å². The number of nitrogens with two attached hydrogens (primary N) is 1. The molecular formula is C28H44N8O5. The van der Waals surface area contributed by atoms with Gasteiger partial charge in [0.2, 0.25) is 29.5 Å². The zero-order chi connectivity index (χ0) is 30.6. The lowest BCUT2D eigenvalue weighted by Crippen LogP contribution is -2.63. The molecule has 41 heavy (non-hydrogen) atoms. The van der Waals surface area contributed by atoms with Gasteiger partial charge in [0.05, 0.1) is 0 Å². The van der Waals surface area contributed by atoms with E-state index in [0.29, 0.717) is 13.0 Å². The Morgan fingerprint density at radius 2 is 1.66 bits per heavy atom. The van der Waals surface area contributed by atoms with E-state index in [9.17, 15) is 24.0 Å². The zero-order valence-corrected chi connectivity index (χ0v) is 24.3. The van der Waals surface area contributed by atoms with Crippen LogP contribution in [0.2, 0.25) is 0 Å². The molecule has 1 heterocycles. The van der Waals surface area contributed by atoms with Crippen LogP contribution in [0.25, 0.3) is 0 Å². The highest BCUT2D eigenvalue weighted by Gasteiger charge is 2.38. The van der Waals surface area contributed by atoms with E-state index in [4.69, 9.17) is 11.1 Å². The van der Waals surface area contributed by atoms with Crippen LogP contribution in [0.4, 0.5) is 0 Å². The molecule has 0 saturated carbocycles. The molecule has 0 unspecified atom stereocenters. The van der Waals surface area contributed by atoms with Gasteiger partial charge >= 0.3 is 0 Å². The van der Waals surface area contributed by atoms with Crippen molar-refractivity contribution in [1.82, 2.24) is 31.9 Å². The van der Waals surface area contributed by atoms with Crippen LogP contribution >= 0.6 is 0 Å². The molecule has 1 saturated heterocycles. The quantitative estimate of drug-likeness (QED) is 0.109. The highest BCUT2D eigenvalue weighted by molar-refractivity contribution is 5.97. The molecule has 2 rings (SSSR count). The number of benzene rings is 1. The molecule has 226 valence electrons. The van der Waals surface area contributed by atoms with Gasteiger partial charge < -0.3 is 37.6 Å². The van der Waals surface area contributed by atoms with E-state index in [0.717, 1.165) is 5.56 Å². The first-order valence-electron chi connectivity index (χ1n) is 14.0. The lowest BCUT2D eigenvalue weighted by Gasteiger charge is -2.33. The van der Waals surface area contributed by atoms with E-state index < -0.39 is 53.2 Å². The fourth-order valence-corrected chi connectivity index (χ4v) is 4.28. The van der Waals surface area contributed by atoms with Gasteiger partial charge in [-0.1, -0.05) is 51.1 Å². The van der Waals surface area contributed by atoms with Crippen LogP contribution < -0.4 is 37.6 Å². The van der Waals surface area contributed by atoms with Crippen molar-refractivity contribution in [3.8, 4) is 0 Å². The molecule has 4 atom stereocenters. The van der Waals surface area contributed by atoms with Crippen LogP contribution in [-0.4, -0.2) is 72.2 Å². The molecule has 0 aliphatic carbocycles. The van der Waals surface area contributed by atoms with Crippen molar-refractivity contribution in [1.29, 1.82) is 5.41 Å². The second-order valence-corrected chi connectivity index (χ2v) is 10.7. The largest absolute Gasteiger partial charge is 0.370 e. The lowest BCUT2D eigenvalue weighted by molar-refractivity contribution is -0.138. The summed E-state index contributed by atoms with van der Waals surface area (Å²) in [7, 11) is 0. The minimum absolute atomic E-state index is 0.0267. The summed E-state index contributed by atoms with van der Waals surface area (Å²) in [5.41, 5.74) is 4.73. The maximum Gasteiger partial charge on any atom is 0.246 e. The molecular weight excluding hydrogens is 528 g/mol. The zero-order valence-electron chi connectivity index (χ0n) is 24.3. The van der Waals surface area contributed by atoms with Crippen LogP contribution in [0.15, 0.2) is 30.3 Å². The summed E-state index contributed by atoms with van der Waals surface area (Å²) in [6.07, 6.45) is 1.05. The summed E-state index contributed by atoms with van der Waals surface area (Å²) in [6.45, 7) is 6.98. The number of hydrogen-bond donors (Lipinski definition) is 8. The van der Waals surface area contributed by atoms with Gasteiger partial charge in [-0.2, -0.15) is 0 Å². The summed E-state index contributed by atoms with van der Waals surface area (Å²) in [4.78, 5) is 66.1. The molecule has 0 bridgehead atoms. The molecule has 13 nitrogen and oxygen atoms in total. The predicted molar refractivity (Wildman–Crippen MR) is 154 cm³/mol. The Bertz CT molecular complexity index is 1100. The number of rotatable bonds is 9. The average Bonchev–Trinajstić information content (AvgIpc) is 2.92. The fraction of sp³-hybridized carbons (Fsp3) is 0.571. The Morgan fingerprint density at radius 1 is 1.02 bits per heavy atom. The van der Waals surface area contributed by atoms with Crippen molar-refractivity contribution in [3.63, 3.8) is 0 Å². The molecule has 1 aliphatic heterocycles. The molecule has 1 aliphatic rings. The topological polar surface area (TPSA) is 207 Å². The number of hydrogen-bond acceptors (Lipinski definition) is 6. The van der Waals surface area contributed by atoms with E-state index >= 15 is 0 Å². The van der Waals surface area contributed by atoms with Gasteiger partial charge in [-0.25, -0.2) is 0 Å². The molecule has 1 aromatic rings. The van der Waals surface area contributed by atoms with Crippen molar-refractivity contribution in [2.24, 2.45) is 11.7 Å². The van der Waals surface area contributed by atoms with Crippen LogP contribution in [-0.2, 0) is 30.4 Å². The van der Waals surface area contributed by atoms with E-state index in [1.54, 1.807) is 27.7 Å². The molecule has 0 spiro atoms. The van der Waals surface area contributed by atoms with Gasteiger partial charge in [0, 0.05) is 25.4 Å². The van der Waals surface area contributed by atoms with Crippen LogP contribution in [0.3, 0.4) is 0 Å². The smallest absolute Gasteiger partial charge is 0.246 e. The molecule has 0 radical (unpaired) electrons. The monoisotopic (exact) mass is 572 g/mol. The fourth-order valence-electron chi connectivity index (χ4n) is 4.28. The van der Waals surface area contributed by atoms with Gasteiger partial charge in [-0.05, 0) is 38.2 Å². The first-order chi connectivity index (χ1) is 19.4. The number of guanidine groups is 1. The first kappa shape index (κ1) is 33.0. The first-order valence-corrected chi connectivity index (χ1v) is 14.0. The number of amides is 5. The Hall–Kier alpha value is -4.16. The SMILES string of the molecule is CC[C@@H]1NC(=O)[C@H](CCCNC(=N)N)NC(=O)[C@](C)(NC(=O)C(C)C)CCNC(=O)[C@@H](Cc2ccccc2)NC1=O. The van der Waals surface area contributed by atoms with E-state index in [2.05, 4.69) is 31.9 Å². The van der Waals surface area contributed by atoms with Crippen LogP contribution in [0.5, 0.6) is 0 Å². The third-order valence-electron chi connectivity index (χ3n) is 6.91. The summed E-state index contributed by atoms with van der Waals surface area (Å²) in [5.74, 6) is -3.14. The Kier molecular flexibility index (Phi) is 12.6. The van der Waals surface area contributed by atoms with Crippen molar-refractivity contribution >= 4 is 35.5 Å². The van der Waals surface area contributed by atoms with E-state index in [1.807, 2.05) is 30.3 Å². The Labute approximate surface area is 241 Å². The maximum atomic E-state index is 13.6. The van der Waals surface area contributed by atoms with Gasteiger partial charge in [-0.3, -0.25) is 29.4 Å². The lowest BCUT2D eigenvalue weighted by atomic mass is 9.94.